The van der Waals surface area contributed by atoms with Gasteiger partial charge in [-0.05, 0) is 36.8 Å². The molecular formula is C18H17NO4. The minimum absolute atomic E-state index is 0.126. The van der Waals surface area contributed by atoms with E-state index in [-0.39, 0.29) is 35.5 Å². The van der Waals surface area contributed by atoms with Crippen LogP contribution in [0.5, 0.6) is 5.75 Å². The second kappa shape index (κ2) is 5.05. The van der Waals surface area contributed by atoms with Crippen molar-refractivity contribution in [2.24, 2.45) is 23.7 Å². The molecule has 4 aliphatic rings. The molecule has 1 aromatic rings. The lowest BCUT2D eigenvalue weighted by Gasteiger charge is -2.38. The van der Waals surface area contributed by atoms with E-state index in [1.165, 1.54) is 11.8 Å². The highest BCUT2D eigenvalue weighted by molar-refractivity contribution is 6.22. The maximum Gasteiger partial charge on any atom is 0.308 e. The number of rotatable bonds is 2. The zero-order valence-corrected chi connectivity index (χ0v) is 12.8. The van der Waals surface area contributed by atoms with E-state index < -0.39 is 5.97 Å². The Morgan fingerprint density at radius 1 is 1.09 bits per heavy atom. The quantitative estimate of drug-likeness (QED) is 0.364. The third-order valence-corrected chi connectivity index (χ3v) is 5.10. The molecule has 0 radical (unpaired) electrons. The number of carbonyl (C=O) groups excluding carboxylic acids is 3. The normalized spacial score (nSPS) is 31.4. The molecule has 0 spiro atoms. The molecule has 2 fully saturated rings. The van der Waals surface area contributed by atoms with Crippen molar-refractivity contribution < 1.29 is 19.1 Å². The van der Waals surface area contributed by atoms with Crippen molar-refractivity contribution in [3.8, 4) is 5.75 Å². The first-order valence-corrected chi connectivity index (χ1v) is 7.91. The van der Waals surface area contributed by atoms with Gasteiger partial charge in [0.2, 0.25) is 11.8 Å². The Bertz CT molecular complexity index is 706. The third-order valence-electron chi connectivity index (χ3n) is 5.10. The van der Waals surface area contributed by atoms with Crippen LogP contribution in [0.25, 0.3) is 0 Å². The van der Waals surface area contributed by atoms with Crippen LogP contribution < -0.4 is 9.64 Å². The second-order valence-electron chi connectivity index (χ2n) is 6.44. The van der Waals surface area contributed by atoms with E-state index in [0.29, 0.717) is 11.4 Å². The summed E-state index contributed by atoms with van der Waals surface area (Å²) < 4.78 is 5.06. The number of carbonyl (C=O) groups is 3. The van der Waals surface area contributed by atoms with E-state index in [9.17, 15) is 14.4 Å². The van der Waals surface area contributed by atoms with E-state index in [4.69, 9.17) is 4.74 Å². The monoisotopic (exact) mass is 311 g/mol. The van der Waals surface area contributed by atoms with Crippen LogP contribution in [-0.2, 0) is 14.4 Å². The van der Waals surface area contributed by atoms with Gasteiger partial charge < -0.3 is 4.74 Å². The van der Waals surface area contributed by atoms with E-state index in [0.717, 1.165) is 12.8 Å². The number of nitrogens with zero attached hydrogens (tertiary/aromatic N) is 1. The molecule has 3 aliphatic carbocycles. The zero-order chi connectivity index (χ0) is 16.1. The Labute approximate surface area is 133 Å². The summed E-state index contributed by atoms with van der Waals surface area (Å²) in [5, 5.41) is 0. The number of amides is 2. The number of esters is 1. The van der Waals surface area contributed by atoms with Crippen LogP contribution in [0.1, 0.15) is 19.8 Å². The topological polar surface area (TPSA) is 63.7 Å². The summed E-state index contributed by atoms with van der Waals surface area (Å²) in [6.45, 7) is 1.32. The fourth-order valence-electron chi connectivity index (χ4n) is 4.18. The van der Waals surface area contributed by atoms with Crippen LogP contribution in [0.15, 0.2) is 36.4 Å². The number of benzene rings is 1. The van der Waals surface area contributed by atoms with Crippen LogP contribution in [0, 0.1) is 23.7 Å². The lowest BCUT2D eigenvalue weighted by atomic mass is 9.63. The van der Waals surface area contributed by atoms with Crippen LogP contribution >= 0.6 is 0 Å². The molecule has 2 amide bonds. The number of hydrogen-bond acceptors (Lipinski definition) is 4. The standard InChI is InChI=1S/C18H17NO4/c1-10(20)23-14-4-2-3-13(9-14)19-17(21)15-11-5-6-12(8-7-11)16(15)18(19)22/h2-6,9,11-12,15-16H,7-8H2,1H3/t11-,12+,15-,16-/m1/s1. The summed E-state index contributed by atoms with van der Waals surface area (Å²) in [6, 6.07) is 6.59. The Kier molecular flexibility index (Phi) is 3.11. The SMILES string of the molecule is CC(=O)Oc1cccc(N2C(=O)[C@H]3[C@H](C2=O)[C@H]2C=C[C@@H]3CC2)c1. The molecule has 5 heteroatoms. The lowest BCUT2D eigenvalue weighted by molar-refractivity contribution is -0.132. The molecule has 1 saturated carbocycles. The largest absolute Gasteiger partial charge is 0.427 e. The average molecular weight is 311 g/mol. The van der Waals surface area contributed by atoms with Gasteiger partial charge in [-0.2, -0.15) is 0 Å². The molecule has 0 N–H and O–H groups in total. The van der Waals surface area contributed by atoms with Gasteiger partial charge in [0.05, 0.1) is 17.5 Å². The van der Waals surface area contributed by atoms with E-state index in [1.807, 2.05) is 0 Å². The molecule has 1 saturated heterocycles. The minimum Gasteiger partial charge on any atom is -0.427 e. The van der Waals surface area contributed by atoms with E-state index in [2.05, 4.69) is 12.2 Å². The first kappa shape index (κ1) is 14.2. The van der Waals surface area contributed by atoms with Gasteiger partial charge in [0.15, 0.2) is 0 Å². The molecular weight excluding hydrogens is 294 g/mol. The lowest BCUT2D eigenvalue weighted by Crippen LogP contribution is -2.38. The van der Waals surface area contributed by atoms with Gasteiger partial charge in [0.1, 0.15) is 5.75 Å². The Hall–Kier alpha value is -2.43. The number of imide groups is 1. The summed E-state index contributed by atoms with van der Waals surface area (Å²) in [5.74, 6) is -0.472. The van der Waals surface area contributed by atoms with Crippen LogP contribution in [-0.4, -0.2) is 17.8 Å². The first-order valence-electron chi connectivity index (χ1n) is 7.91. The molecule has 118 valence electrons. The van der Waals surface area contributed by atoms with E-state index >= 15 is 0 Å². The van der Waals surface area contributed by atoms with Crippen LogP contribution in [0.3, 0.4) is 0 Å². The fraction of sp³-hybridized carbons (Fsp3) is 0.389. The van der Waals surface area contributed by atoms with Crippen LogP contribution in [0.2, 0.25) is 0 Å². The summed E-state index contributed by atoms with van der Waals surface area (Å²) >= 11 is 0. The predicted octanol–water partition coefficient (Wildman–Crippen LogP) is 2.31. The molecule has 4 atom stereocenters. The highest BCUT2D eigenvalue weighted by Crippen LogP contribution is 2.50. The van der Waals surface area contributed by atoms with Gasteiger partial charge in [0.25, 0.3) is 0 Å². The van der Waals surface area contributed by atoms with Gasteiger partial charge in [0, 0.05) is 13.0 Å². The maximum absolute atomic E-state index is 12.8. The highest BCUT2D eigenvalue weighted by atomic mass is 16.5. The van der Waals surface area contributed by atoms with Crippen molar-refractivity contribution in [1.82, 2.24) is 0 Å². The smallest absolute Gasteiger partial charge is 0.308 e. The predicted molar refractivity (Wildman–Crippen MR) is 82.6 cm³/mol. The molecule has 0 aromatic heterocycles. The summed E-state index contributed by atoms with van der Waals surface area (Å²) in [7, 11) is 0. The van der Waals surface area contributed by atoms with Crippen molar-refractivity contribution in [3.63, 3.8) is 0 Å². The van der Waals surface area contributed by atoms with Crippen molar-refractivity contribution in [2.45, 2.75) is 19.8 Å². The number of fused-ring (bicyclic) bond motifs is 1. The van der Waals surface area contributed by atoms with Gasteiger partial charge in [-0.15, -0.1) is 0 Å². The molecule has 0 unspecified atom stereocenters. The number of anilines is 1. The average Bonchev–Trinajstić information content (AvgIpc) is 2.82. The van der Waals surface area contributed by atoms with E-state index in [1.54, 1.807) is 24.3 Å². The fourth-order valence-corrected chi connectivity index (χ4v) is 4.18. The molecule has 1 aliphatic heterocycles. The summed E-state index contributed by atoms with van der Waals surface area (Å²) in [4.78, 5) is 38.0. The number of ether oxygens (including phenoxy) is 1. The molecule has 1 aromatic carbocycles. The van der Waals surface area contributed by atoms with Gasteiger partial charge in [-0.3, -0.25) is 14.4 Å². The first-order chi connectivity index (χ1) is 11.1. The van der Waals surface area contributed by atoms with Crippen molar-refractivity contribution in [1.29, 1.82) is 0 Å². The molecule has 5 nitrogen and oxygen atoms in total. The van der Waals surface area contributed by atoms with Crippen molar-refractivity contribution >= 4 is 23.5 Å². The summed E-state index contributed by atoms with van der Waals surface area (Å²) in [5.41, 5.74) is 0.479. The maximum atomic E-state index is 12.8. The van der Waals surface area contributed by atoms with Gasteiger partial charge >= 0.3 is 5.97 Å². The molecule has 2 bridgehead atoms. The number of allylic oxidation sites excluding steroid dienone is 2. The summed E-state index contributed by atoms with van der Waals surface area (Å²) in [6.07, 6.45) is 6.14. The minimum atomic E-state index is -0.433. The Morgan fingerprint density at radius 2 is 1.70 bits per heavy atom. The van der Waals surface area contributed by atoms with Crippen LogP contribution in [0.4, 0.5) is 5.69 Å². The van der Waals surface area contributed by atoms with Gasteiger partial charge in [-0.1, -0.05) is 18.2 Å². The molecule has 1 heterocycles. The highest BCUT2D eigenvalue weighted by Gasteiger charge is 2.56. The molecule has 23 heavy (non-hydrogen) atoms. The molecule has 5 rings (SSSR count). The van der Waals surface area contributed by atoms with Gasteiger partial charge in [-0.25, -0.2) is 4.90 Å². The number of hydrogen-bond donors (Lipinski definition) is 0. The van der Waals surface area contributed by atoms with Crippen molar-refractivity contribution in [3.05, 3.63) is 36.4 Å². The Morgan fingerprint density at radius 3 is 2.22 bits per heavy atom. The Balaban J connectivity index is 1.69. The second-order valence-corrected chi connectivity index (χ2v) is 6.44. The third kappa shape index (κ3) is 2.11. The zero-order valence-electron chi connectivity index (χ0n) is 12.8. The van der Waals surface area contributed by atoms with Crippen molar-refractivity contribution in [2.75, 3.05) is 4.90 Å².